The van der Waals surface area contributed by atoms with Crippen LogP contribution in [0.25, 0.3) is 10.8 Å². The van der Waals surface area contributed by atoms with Crippen LogP contribution in [-0.4, -0.2) is 27.9 Å². The zero-order valence-electron chi connectivity index (χ0n) is 12.0. The standard InChI is InChI=1S/C10H6N2O8S.Li.H/c13-10-7-3-5(21(18,19)20)1-2-6(7)8(11(14)15)4-9(10)12(16)17;;/h1-4,13H,(H,18,19,20);;/q;+1;-1. The fourth-order valence-corrected chi connectivity index (χ4v) is 2.31. The third kappa shape index (κ3) is 3.02. The minimum absolute atomic E-state index is 0. The largest absolute Gasteiger partial charge is 1.00 e. The number of nitro benzene ring substituents is 2. The fourth-order valence-electron chi connectivity index (χ4n) is 1.81. The van der Waals surface area contributed by atoms with Crippen molar-refractivity contribution in [3.05, 3.63) is 44.5 Å². The summed E-state index contributed by atoms with van der Waals surface area (Å²) in [6, 6.07) is 3.15. The molecule has 0 heterocycles. The van der Waals surface area contributed by atoms with E-state index in [1.54, 1.807) is 0 Å². The molecule has 0 aliphatic heterocycles. The molecule has 12 heteroatoms. The molecule has 0 saturated heterocycles. The summed E-state index contributed by atoms with van der Waals surface area (Å²) < 4.78 is 31.0. The van der Waals surface area contributed by atoms with E-state index in [-0.39, 0.29) is 25.7 Å². The van der Waals surface area contributed by atoms with Crippen LogP contribution in [0.2, 0.25) is 0 Å². The van der Waals surface area contributed by atoms with Crippen LogP contribution in [0, 0.1) is 20.2 Å². The van der Waals surface area contributed by atoms with Gasteiger partial charge in [-0.3, -0.25) is 24.8 Å². The summed E-state index contributed by atoms with van der Waals surface area (Å²) in [5.74, 6) is -0.925. The predicted octanol–water partition coefficient (Wildman–Crippen LogP) is -1.28. The maximum Gasteiger partial charge on any atom is 1.00 e. The molecule has 0 radical (unpaired) electrons. The van der Waals surface area contributed by atoms with Crippen LogP contribution in [0.1, 0.15) is 1.43 Å². The minimum Gasteiger partial charge on any atom is -1.00 e. The van der Waals surface area contributed by atoms with Crippen molar-refractivity contribution < 1.29 is 48.2 Å². The molecule has 0 unspecified atom stereocenters. The number of hydrogen-bond donors (Lipinski definition) is 2. The molecule has 0 bridgehead atoms. The average Bonchev–Trinajstić information content (AvgIpc) is 2.36. The summed E-state index contributed by atoms with van der Waals surface area (Å²) in [7, 11) is -4.63. The van der Waals surface area contributed by atoms with E-state index in [9.17, 15) is 33.8 Å². The van der Waals surface area contributed by atoms with Gasteiger partial charge in [-0.05, 0) is 18.2 Å². The Kier molecular flexibility index (Phi) is 4.78. The monoisotopic (exact) mass is 322 g/mol. The first-order valence-electron chi connectivity index (χ1n) is 5.19. The first-order chi connectivity index (χ1) is 9.62. The maximum atomic E-state index is 11.0. The summed E-state index contributed by atoms with van der Waals surface area (Å²) >= 11 is 0. The van der Waals surface area contributed by atoms with E-state index in [2.05, 4.69) is 0 Å². The van der Waals surface area contributed by atoms with Gasteiger partial charge in [0.2, 0.25) is 5.75 Å². The average molecular weight is 322 g/mol. The molecular formula is C10H7LiN2O8S. The molecule has 2 N–H and O–H groups in total. The second kappa shape index (κ2) is 5.89. The number of hydrogen-bond acceptors (Lipinski definition) is 7. The molecule has 0 aliphatic rings. The van der Waals surface area contributed by atoms with Gasteiger partial charge in [-0.2, -0.15) is 8.42 Å². The van der Waals surface area contributed by atoms with E-state index >= 15 is 0 Å². The molecule has 2 aromatic rings. The molecule has 0 spiro atoms. The first kappa shape index (κ1) is 17.9. The van der Waals surface area contributed by atoms with Crippen molar-refractivity contribution in [1.82, 2.24) is 0 Å². The van der Waals surface area contributed by atoms with E-state index in [0.717, 1.165) is 18.2 Å². The Balaban J connectivity index is 0.00000242. The molecule has 112 valence electrons. The van der Waals surface area contributed by atoms with Crippen molar-refractivity contribution in [3.63, 3.8) is 0 Å². The van der Waals surface area contributed by atoms with E-state index < -0.39 is 47.4 Å². The number of benzene rings is 2. The van der Waals surface area contributed by atoms with Crippen molar-refractivity contribution in [2.24, 2.45) is 0 Å². The summed E-state index contributed by atoms with van der Waals surface area (Å²) in [6.07, 6.45) is 0. The van der Waals surface area contributed by atoms with Crippen molar-refractivity contribution in [2.45, 2.75) is 4.90 Å². The number of rotatable bonds is 3. The Morgan fingerprint density at radius 3 is 2.00 bits per heavy atom. The third-order valence-electron chi connectivity index (χ3n) is 2.73. The van der Waals surface area contributed by atoms with Crippen LogP contribution < -0.4 is 18.9 Å². The van der Waals surface area contributed by atoms with Crippen molar-refractivity contribution in [1.29, 1.82) is 0 Å². The summed E-state index contributed by atoms with van der Waals surface area (Å²) in [4.78, 5) is 19.1. The van der Waals surface area contributed by atoms with Gasteiger partial charge in [0.15, 0.2) is 0 Å². The smallest absolute Gasteiger partial charge is 1.00 e. The van der Waals surface area contributed by atoms with Crippen LogP contribution in [-0.2, 0) is 10.1 Å². The second-order valence-electron chi connectivity index (χ2n) is 3.96. The van der Waals surface area contributed by atoms with Gasteiger partial charge in [0.1, 0.15) is 0 Å². The Morgan fingerprint density at radius 2 is 1.55 bits per heavy atom. The molecule has 10 nitrogen and oxygen atoms in total. The Bertz CT molecular complexity index is 901. The van der Waals surface area contributed by atoms with Crippen LogP contribution in [0.5, 0.6) is 5.75 Å². The Hall–Kier alpha value is -2.19. The molecule has 0 fully saturated rings. The van der Waals surface area contributed by atoms with E-state index in [1.165, 1.54) is 0 Å². The Labute approximate surface area is 136 Å². The number of nitrogens with zero attached hydrogens (tertiary/aromatic N) is 2. The fraction of sp³-hybridized carbons (Fsp3) is 0. The number of phenols is 1. The van der Waals surface area contributed by atoms with Crippen LogP contribution in [0.4, 0.5) is 11.4 Å². The SMILES string of the molecule is O=[N+]([O-])c1cc([N+](=O)[O-])c2ccc(S(=O)(=O)O)cc2c1O.[H-].[Li+]. The van der Waals surface area contributed by atoms with E-state index in [1.807, 2.05) is 0 Å². The summed E-state index contributed by atoms with van der Waals surface area (Å²) in [5, 5.41) is 30.8. The van der Waals surface area contributed by atoms with Gasteiger partial charge in [0, 0.05) is 5.39 Å². The van der Waals surface area contributed by atoms with Crippen LogP contribution in [0.3, 0.4) is 0 Å². The van der Waals surface area contributed by atoms with Crippen molar-refractivity contribution in [3.8, 4) is 5.75 Å². The zero-order chi connectivity index (χ0) is 15.9. The topological polar surface area (TPSA) is 161 Å². The summed E-state index contributed by atoms with van der Waals surface area (Å²) in [6.45, 7) is 0. The number of nitro groups is 2. The third-order valence-corrected chi connectivity index (χ3v) is 3.58. The molecular weight excluding hydrogens is 315 g/mol. The molecule has 22 heavy (non-hydrogen) atoms. The van der Waals surface area contributed by atoms with Crippen LogP contribution in [0.15, 0.2) is 29.2 Å². The van der Waals surface area contributed by atoms with E-state index in [4.69, 9.17) is 4.55 Å². The van der Waals surface area contributed by atoms with Gasteiger partial charge in [-0.25, -0.2) is 0 Å². The van der Waals surface area contributed by atoms with Crippen LogP contribution >= 0.6 is 0 Å². The number of aromatic hydroxyl groups is 1. The molecule has 2 aromatic carbocycles. The van der Waals surface area contributed by atoms with Gasteiger partial charge in [0.25, 0.3) is 15.8 Å². The van der Waals surface area contributed by atoms with Gasteiger partial charge in [0.05, 0.1) is 26.2 Å². The molecule has 0 amide bonds. The van der Waals surface area contributed by atoms with Gasteiger partial charge < -0.3 is 6.53 Å². The normalized spacial score (nSPS) is 11.0. The number of phenolic OH excluding ortho intramolecular Hbond substituents is 1. The zero-order valence-corrected chi connectivity index (χ0v) is 11.8. The molecule has 0 aliphatic carbocycles. The molecule has 2 rings (SSSR count). The molecule has 0 atom stereocenters. The number of non-ortho nitro benzene ring substituents is 1. The molecule has 0 saturated carbocycles. The predicted molar refractivity (Wildman–Crippen MR) is 69.8 cm³/mol. The second-order valence-corrected chi connectivity index (χ2v) is 5.38. The van der Waals surface area contributed by atoms with Gasteiger partial charge in [-0.1, -0.05) is 0 Å². The first-order valence-corrected chi connectivity index (χ1v) is 6.63. The maximum absolute atomic E-state index is 11.0. The minimum atomic E-state index is -4.63. The Morgan fingerprint density at radius 1 is 1.00 bits per heavy atom. The quantitative estimate of drug-likeness (QED) is 0.306. The van der Waals surface area contributed by atoms with Gasteiger partial charge >= 0.3 is 24.5 Å². The molecule has 0 aromatic heterocycles. The van der Waals surface area contributed by atoms with E-state index in [0.29, 0.717) is 6.07 Å². The van der Waals surface area contributed by atoms with Crippen molar-refractivity contribution in [2.75, 3.05) is 0 Å². The van der Waals surface area contributed by atoms with Gasteiger partial charge in [-0.15, -0.1) is 0 Å². The van der Waals surface area contributed by atoms with Crippen molar-refractivity contribution >= 4 is 32.3 Å². The number of fused-ring (bicyclic) bond motifs is 1. The summed E-state index contributed by atoms with van der Waals surface area (Å²) in [5.41, 5.74) is -1.61.